The molecule has 0 rings (SSSR count). The molecule has 7 nitrogen and oxygen atoms in total. The minimum Gasteiger partial charge on any atom is -0.479 e. The van der Waals surface area contributed by atoms with Gasteiger partial charge in [0.25, 0.3) is 0 Å². The van der Waals surface area contributed by atoms with Crippen LogP contribution in [-0.4, -0.2) is 62.3 Å². The number of nitrogens with one attached hydrogen (secondary N) is 2. The SMILES string of the molecule is COCCOCCNC(=O)NC(C)(C(=O)O)C(F)(F)F. The first-order valence-corrected chi connectivity index (χ1v) is 5.58. The summed E-state index contributed by atoms with van der Waals surface area (Å²) in [5.74, 6) is -2.20. The third-order valence-corrected chi connectivity index (χ3v) is 2.32. The van der Waals surface area contributed by atoms with Crippen LogP contribution < -0.4 is 10.6 Å². The Hall–Kier alpha value is -1.55. The van der Waals surface area contributed by atoms with Crippen molar-refractivity contribution in [1.29, 1.82) is 0 Å². The second-order valence-corrected chi connectivity index (χ2v) is 3.91. The summed E-state index contributed by atoms with van der Waals surface area (Å²) in [4.78, 5) is 21.9. The standard InChI is InChI=1S/C10H17F3N2O5/c1-9(7(16)17,10(11,12)13)15-8(18)14-3-4-20-6-5-19-2/h3-6H2,1-2H3,(H,16,17)(H2,14,15,18). The normalized spacial score (nSPS) is 14.4. The second kappa shape index (κ2) is 7.90. The van der Waals surface area contributed by atoms with Crippen molar-refractivity contribution in [2.45, 2.75) is 18.6 Å². The van der Waals surface area contributed by atoms with Gasteiger partial charge in [-0.05, 0) is 6.92 Å². The number of alkyl halides is 3. The molecule has 2 amide bonds. The predicted octanol–water partition coefficient (Wildman–Crippen LogP) is 0.354. The highest BCUT2D eigenvalue weighted by atomic mass is 19.4. The molecule has 0 saturated carbocycles. The quantitative estimate of drug-likeness (QED) is 0.562. The molecule has 3 N–H and O–H groups in total. The van der Waals surface area contributed by atoms with Crippen LogP contribution in [0, 0.1) is 0 Å². The Morgan fingerprint density at radius 1 is 1.20 bits per heavy atom. The highest BCUT2D eigenvalue weighted by molar-refractivity contribution is 5.86. The summed E-state index contributed by atoms with van der Waals surface area (Å²) in [6, 6.07) is -1.25. The molecule has 0 aromatic rings. The maximum Gasteiger partial charge on any atom is 0.422 e. The van der Waals surface area contributed by atoms with Gasteiger partial charge in [-0.1, -0.05) is 0 Å². The number of ether oxygens (including phenoxy) is 2. The van der Waals surface area contributed by atoms with Gasteiger partial charge in [0.2, 0.25) is 5.54 Å². The number of carboxylic acid groups (broad SMARTS) is 1. The van der Waals surface area contributed by atoms with Crippen LogP contribution in [0.3, 0.4) is 0 Å². The van der Waals surface area contributed by atoms with E-state index in [1.54, 1.807) is 0 Å². The maximum absolute atomic E-state index is 12.6. The van der Waals surface area contributed by atoms with E-state index in [2.05, 4.69) is 10.1 Å². The van der Waals surface area contributed by atoms with Gasteiger partial charge >= 0.3 is 18.2 Å². The van der Waals surface area contributed by atoms with E-state index in [0.29, 0.717) is 13.5 Å². The zero-order chi connectivity index (χ0) is 15.8. The van der Waals surface area contributed by atoms with Gasteiger partial charge in [0.1, 0.15) is 0 Å². The number of hydrogen-bond donors (Lipinski definition) is 3. The van der Waals surface area contributed by atoms with E-state index in [4.69, 9.17) is 9.84 Å². The Balaban J connectivity index is 4.20. The van der Waals surface area contributed by atoms with Crippen molar-refractivity contribution in [3.05, 3.63) is 0 Å². The first kappa shape index (κ1) is 18.4. The summed E-state index contributed by atoms with van der Waals surface area (Å²) in [6.45, 7) is 0.978. The van der Waals surface area contributed by atoms with E-state index < -0.39 is 23.7 Å². The number of amides is 2. The summed E-state index contributed by atoms with van der Waals surface area (Å²) < 4.78 is 47.4. The summed E-state index contributed by atoms with van der Waals surface area (Å²) in [5.41, 5.74) is -3.35. The number of urea groups is 1. The lowest BCUT2D eigenvalue weighted by atomic mass is 10.0. The maximum atomic E-state index is 12.6. The second-order valence-electron chi connectivity index (χ2n) is 3.91. The summed E-state index contributed by atoms with van der Waals surface area (Å²) in [7, 11) is 1.47. The number of methoxy groups -OCH3 is 1. The molecule has 0 radical (unpaired) electrons. The Kier molecular flexibility index (Phi) is 7.29. The molecule has 0 aliphatic carbocycles. The molecule has 0 heterocycles. The number of hydrogen-bond acceptors (Lipinski definition) is 4. The first-order chi connectivity index (χ1) is 9.15. The number of aliphatic carboxylic acids is 1. The van der Waals surface area contributed by atoms with Crippen molar-refractivity contribution in [1.82, 2.24) is 10.6 Å². The number of halogens is 3. The predicted molar refractivity (Wildman–Crippen MR) is 61.3 cm³/mol. The van der Waals surface area contributed by atoms with Gasteiger partial charge in [0, 0.05) is 13.7 Å². The lowest BCUT2D eigenvalue weighted by Gasteiger charge is -2.28. The van der Waals surface area contributed by atoms with Gasteiger partial charge in [-0.25, -0.2) is 9.59 Å². The topological polar surface area (TPSA) is 96.9 Å². The molecular formula is C10H17F3N2O5. The van der Waals surface area contributed by atoms with E-state index in [-0.39, 0.29) is 19.8 Å². The summed E-state index contributed by atoms with van der Waals surface area (Å²) in [5, 5.41) is 12.0. The van der Waals surface area contributed by atoms with Crippen molar-refractivity contribution in [2.24, 2.45) is 0 Å². The molecule has 1 atom stereocenters. The average Bonchev–Trinajstić information content (AvgIpc) is 2.31. The van der Waals surface area contributed by atoms with E-state index >= 15 is 0 Å². The van der Waals surface area contributed by atoms with Crippen molar-refractivity contribution in [2.75, 3.05) is 33.5 Å². The fourth-order valence-electron chi connectivity index (χ4n) is 0.998. The zero-order valence-electron chi connectivity index (χ0n) is 11.0. The molecule has 0 spiro atoms. The molecule has 118 valence electrons. The largest absolute Gasteiger partial charge is 0.479 e. The molecule has 20 heavy (non-hydrogen) atoms. The molecule has 10 heteroatoms. The zero-order valence-corrected chi connectivity index (χ0v) is 11.0. The Bertz CT molecular complexity index is 337. The molecule has 0 saturated heterocycles. The molecule has 1 unspecified atom stereocenters. The lowest BCUT2D eigenvalue weighted by Crippen LogP contribution is -2.63. The molecule has 0 aliphatic rings. The van der Waals surface area contributed by atoms with Gasteiger partial charge in [-0.15, -0.1) is 0 Å². The van der Waals surface area contributed by atoms with Crippen molar-refractivity contribution in [3.63, 3.8) is 0 Å². The number of carbonyl (C=O) groups is 2. The Labute approximate surface area is 113 Å². The molecule has 0 aromatic carbocycles. The molecular weight excluding hydrogens is 285 g/mol. The average molecular weight is 302 g/mol. The molecule has 0 bridgehead atoms. The fourth-order valence-corrected chi connectivity index (χ4v) is 0.998. The van der Waals surface area contributed by atoms with Gasteiger partial charge in [0.15, 0.2) is 0 Å². The summed E-state index contributed by atoms with van der Waals surface area (Å²) in [6.07, 6.45) is -5.12. The minimum atomic E-state index is -5.12. The van der Waals surface area contributed by atoms with Crippen molar-refractivity contribution < 1.29 is 37.3 Å². The number of carbonyl (C=O) groups excluding carboxylic acids is 1. The smallest absolute Gasteiger partial charge is 0.422 e. The van der Waals surface area contributed by atoms with Gasteiger partial charge in [-0.3, -0.25) is 0 Å². The van der Waals surface area contributed by atoms with E-state index in [0.717, 1.165) is 0 Å². The highest BCUT2D eigenvalue weighted by Crippen LogP contribution is 2.30. The molecule has 0 aromatic heterocycles. The van der Waals surface area contributed by atoms with Gasteiger partial charge in [0.05, 0.1) is 19.8 Å². The minimum absolute atomic E-state index is 0.0621. The fraction of sp³-hybridized carbons (Fsp3) is 0.800. The van der Waals surface area contributed by atoms with E-state index in [1.165, 1.54) is 12.4 Å². The van der Waals surface area contributed by atoms with Crippen LogP contribution in [0.5, 0.6) is 0 Å². The number of rotatable bonds is 8. The Morgan fingerprint density at radius 2 is 1.80 bits per heavy atom. The number of carboxylic acids is 1. The lowest BCUT2D eigenvalue weighted by molar-refractivity contribution is -0.203. The third kappa shape index (κ3) is 5.61. The van der Waals surface area contributed by atoms with Crippen LogP contribution in [0.15, 0.2) is 0 Å². The van der Waals surface area contributed by atoms with E-state index in [1.807, 2.05) is 0 Å². The summed E-state index contributed by atoms with van der Waals surface area (Å²) >= 11 is 0. The van der Waals surface area contributed by atoms with E-state index in [9.17, 15) is 22.8 Å². The van der Waals surface area contributed by atoms with Gasteiger partial charge in [-0.2, -0.15) is 13.2 Å². The van der Waals surface area contributed by atoms with Crippen LogP contribution in [0.1, 0.15) is 6.92 Å². The molecule has 0 fully saturated rings. The highest BCUT2D eigenvalue weighted by Gasteiger charge is 2.58. The van der Waals surface area contributed by atoms with Crippen LogP contribution in [-0.2, 0) is 14.3 Å². The van der Waals surface area contributed by atoms with Gasteiger partial charge < -0.3 is 25.2 Å². The van der Waals surface area contributed by atoms with Crippen LogP contribution in [0.2, 0.25) is 0 Å². The van der Waals surface area contributed by atoms with Crippen LogP contribution in [0.25, 0.3) is 0 Å². The Morgan fingerprint density at radius 3 is 2.25 bits per heavy atom. The third-order valence-electron chi connectivity index (χ3n) is 2.32. The van der Waals surface area contributed by atoms with Crippen molar-refractivity contribution in [3.8, 4) is 0 Å². The van der Waals surface area contributed by atoms with Crippen molar-refractivity contribution >= 4 is 12.0 Å². The van der Waals surface area contributed by atoms with Crippen LogP contribution >= 0.6 is 0 Å². The van der Waals surface area contributed by atoms with Crippen LogP contribution in [0.4, 0.5) is 18.0 Å². The first-order valence-electron chi connectivity index (χ1n) is 5.58. The monoisotopic (exact) mass is 302 g/mol. The molecule has 0 aliphatic heterocycles.